The maximum absolute atomic E-state index is 14.1. The molecule has 0 aromatic heterocycles. The lowest BCUT2D eigenvalue weighted by atomic mass is 9.69. The molecular formula is C36H36O8. The lowest BCUT2D eigenvalue weighted by Gasteiger charge is -2.39. The number of hydrogen-bond donors (Lipinski definition) is 0. The van der Waals surface area contributed by atoms with E-state index in [0.717, 1.165) is 28.2 Å². The Morgan fingerprint density at radius 1 is 0.545 bits per heavy atom. The van der Waals surface area contributed by atoms with Crippen molar-refractivity contribution in [1.82, 2.24) is 0 Å². The largest absolute Gasteiger partial charge is 0.497 e. The maximum Gasteiger partial charge on any atom is 0.203 e. The van der Waals surface area contributed by atoms with E-state index in [1.54, 1.807) is 35.5 Å². The molecule has 0 saturated heterocycles. The second-order valence-corrected chi connectivity index (χ2v) is 11.3. The van der Waals surface area contributed by atoms with Gasteiger partial charge >= 0.3 is 0 Å². The van der Waals surface area contributed by atoms with Crippen molar-refractivity contribution in [2.75, 3.05) is 35.5 Å². The van der Waals surface area contributed by atoms with Crippen molar-refractivity contribution in [3.8, 4) is 28.7 Å². The molecule has 1 aliphatic heterocycles. The molecule has 228 valence electrons. The maximum atomic E-state index is 14.1. The van der Waals surface area contributed by atoms with Gasteiger partial charge in [0.05, 0.1) is 35.5 Å². The molecule has 1 heterocycles. The molecule has 3 atom stereocenters. The summed E-state index contributed by atoms with van der Waals surface area (Å²) >= 11 is 0. The topological polar surface area (TPSA) is 89.5 Å². The van der Waals surface area contributed by atoms with Crippen molar-refractivity contribution in [3.05, 3.63) is 100 Å². The highest BCUT2D eigenvalue weighted by molar-refractivity contribution is 6.06. The van der Waals surface area contributed by atoms with E-state index in [1.165, 1.54) is 0 Å². The van der Waals surface area contributed by atoms with Crippen molar-refractivity contribution in [2.45, 2.75) is 43.4 Å². The quantitative estimate of drug-likeness (QED) is 0.286. The van der Waals surface area contributed by atoms with Crippen molar-refractivity contribution in [1.29, 1.82) is 0 Å². The van der Waals surface area contributed by atoms with E-state index in [9.17, 15) is 9.59 Å². The molecule has 8 nitrogen and oxygen atoms in total. The van der Waals surface area contributed by atoms with Crippen LogP contribution in [0.5, 0.6) is 28.7 Å². The zero-order chi connectivity index (χ0) is 31.0. The third-order valence-electron chi connectivity index (χ3n) is 8.95. The van der Waals surface area contributed by atoms with Crippen LogP contribution in [-0.4, -0.2) is 47.1 Å². The van der Waals surface area contributed by atoms with Gasteiger partial charge in [-0.3, -0.25) is 9.59 Å². The lowest BCUT2D eigenvalue weighted by molar-refractivity contribution is -0.118. The minimum Gasteiger partial charge on any atom is -0.497 e. The Morgan fingerprint density at radius 2 is 0.977 bits per heavy atom. The van der Waals surface area contributed by atoms with Crippen molar-refractivity contribution in [3.63, 3.8) is 0 Å². The van der Waals surface area contributed by atoms with Gasteiger partial charge in [0, 0.05) is 42.7 Å². The van der Waals surface area contributed by atoms with E-state index in [-0.39, 0.29) is 23.4 Å². The number of hydrogen-bond acceptors (Lipinski definition) is 8. The van der Waals surface area contributed by atoms with Crippen LogP contribution in [0, 0.1) is 0 Å². The van der Waals surface area contributed by atoms with E-state index in [4.69, 9.17) is 28.4 Å². The standard InChI is InChI=1S/C36H36O8/c1-39-25-10-6-20(7-11-25)22-14-27(37)34-29(16-22)44-30-17-23(21-8-12-26(40-2)13-9-21)15-28(38)35(30)33(34)24-18-31(41-3)36(43-5)32(19-24)42-4/h6-13,18-19,22-23,33H,14-17H2,1-5H3/t22-,23+,33?. The van der Waals surface area contributed by atoms with E-state index in [0.29, 0.717) is 65.6 Å². The SMILES string of the molecule is COc1ccc([C@@H]2CC(=O)C3=C(C2)OC2=C(C(=O)C[C@H](c4ccc(OC)cc4)C2)C3c2cc(OC)c(OC)c(OC)c2)cc1. The Kier molecular flexibility index (Phi) is 8.08. The number of ketones is 2. The van der Waals surface area contributed by atoms with Crippen molar-refractivity contribution >= 4 is 11.6 Å². The molecule has 3 aromatic carbocycles. The van der Waals surface area contributed by atoms with Gasteiger partial charge < -0.3 is 28.4 Å². The number of carbonyl (C=O) groups is 2. The molecule has 1 unspecified atom stereocenters. The van der Waals surface area contributed by atoms with Crippen LogP contribution < -0.4 is 23.7 Å². The Labute approximate surface area is 257 Å². The van der Waals surface area contributed by atoms with Crippen molar-refractivity contribution in [2.24, 2.45) is 0 Å². The van der Waals surface area contributed by atoms with E-state index in [2.05, 4.69) is 0 Å². The number of benzene rings is 3. The summed E-state index contributed by atoms with van der Waals surface area (Å²) in [6.45, 7) is 0. The summed E-state index contributed by atoms with van der Waals surface area (Å²) in [6.07, 6.45) is 1.68. The van der Waals surface area contributed by atoms with E-state index >= 15 is 0 Å². The smallest absolute Gasteiger partial charge is 0.203 e. The zero-order valence-corrected chi connectivity index (χ0v) is 25.6. The minimum atomic E-state index is -0.615. The number of Topliss-reactive ketones (excluding diaryl/α,β-unsaturated/α-hetero) is 2. The summed E-state index contributed by atoms with van der Waals surface area (Å²) < 4.78 is 34.2. The van der Waals surface area contributed by atoms with Gasteiger partial charge in [-0.2, -0.15) is 0 Å². The number of methoxy groups -OCH3 is 5. The zero-order valence-electron chi connectivity index (χ0n) is 25.6. The second-order valence-electron chi connectivity index (χ2n) is 11.3. The van der Waals surface area contributed by atoms with Gasteiger partial charge in [0.1, 0.15) is 23.0 Å². The average Bonchev–Trinajstić information content (AvgIpc) is 3.06. The first-order chi connectivity index (χ1) is 21.4. The molecule has 0 fully saturated rings. The monoisotopic (exact) mass is 596 g/mol. The average molecular weight is 597 g/mol. The molecule has 0 bridgehead atoms. The summed E-state index contributed by atoms with van der Waals surface area (Å²) in [5.74, 6) is 3.27. The highest BCUT2D eigenvalue weighted by Crippen LogP contribution is 2.53. The fraction of sp³-hybridized carbons (Fsp3) is 0.333. The summed E-state index contributed by atoms with van der Waals surface area (Å²) in [7, 11) is 7.91. The van der Waals surface area contributed by atoms with Gasteiger partial charge in [-0.15, -0.1) is 0 Å². The number of ether oxygens (including phenoxy) is 6. The molecule has 3 aliphatic rings. The van der Waals surface area contributed by atoms with Crippen LogP contribution in [0.15, 0.2) is 83.3 Å². The van der Waals surface area contributed by atoms with Gasteiger partial charge in [-0.1, -0.05) is 24.3 Å². The van der Waals surface area contributed by atoms with Gasteiger partial charge in [-0.05, 0) is 64.9 Å². The highest BCUT2D eigenvalue weighted by atomic mass is 16.5. The molecule has 0 radical (unpaired) electrons. The van der Waals surface area contributed by atoms with Gasteiger partial charge in [0.2, 0.25) is 5.75 Å². The van der Waals surface area contributed by atoms with Gasteiger partial charge in [0.25, 0.3) is 0 Å². The Hall–Kier alpha value is -4.72. The molecule has 0 N–H and O–H groups in total. The first kappa shape index (κ1) is 29.4. The minimum absolute atomic E-state index is 0.0394. The third-order valence-corrected chi connectivity index (χ3v) is 8.95. The van der Waals surface area contributed by atoms with Crippen LogP contribution in [0.25, 0.3) is 0 Å². The highest BCUT2D eigenvalue weighted by Gasteiger charge is 2.46. The van der Waals surface area contributed by atoms with Crippen LogP contribution >= 0.6 is 0 Å². The predicted molar refractivity (Wildman–Crippen MR) is 164 cm³/mol. The Bertz CT molecular complexity index is 1530. The lowest BCUT2D eigenvalue weighted by Crippen LogP contribution is -2.33. The van der Waals surface area contributed by atoms with Crippen LogP contribution in [0.4, 0.5) is 0 Å². The molecule has 0 saturated carbocycles. The van der Waals surface area contributed by atoms with Crippen molar-refractivity contribution < 1.29 is 38.0 Å². The summed E-state index contributed by atoms with van der Waals surface area (Å²) in [6, 6.07) is 19.3. The van der Waals surface area contributed by atoms with Crippen LogP contribution in [0.2, 0.25) is 0 Å². The predicted octanol–water partition coefficient (Wildman–Crippen LogP) is 6.65. The fourth-order valence-corrected chi connectivity index (χ4v) is 6.75. The fourth-order valence-electron chi connectivity index (χ4n) is 6.75. The summed E-state index contributed by atoms with van der Waals surface area (Å²) in [4.78, 5) is 28.2. The molecule has 0 spiro atoms. The molecule has 0 amide bonds. The number of allylic oxidation sites excluding steroid dienone is 4. The van der Waals surface area contributed by atoms with E-state index < -0.39 is 5.92 Å². The molecule has 3 aromatic rings. The molecule has 44 heavy (non-hydrogen) atoms. The second kappa shape index (κ2) is 12.1. The Balaban J connectivity index is 1.46. The normalized spacial score (nSPS) is 21.2. The number of rotatable bonds is 8. The first-order valence-corrected chi connectivity index (χ1v) is 14.7. The molecular weight excluding hydrogens is 560 g/mol. The summed E-state index contributed by atoms with van der Waals surface area (Å²) in [5.41, 5.74) is 3.84. The molecule has 8 heteroatoms. The van der Waals surface area contributed by atoms with Crippen LogP contribution in [0.3, 0.4) is 0 Å². The third kappa shape index (κ3) is 5.19. The van der Waals surface area contributed by atoms with Gasteiger partial charge in [0.15, 0.2) is 23.1 Å². The molecule has 6 rings (SSSR count). The van der Waals surface area contributed by atoms with Gasteiger partial charge in [-0.25, -0.2) is 0 Å². The van der Waals surface area contributed by atoms with Crippen LogP contribution in [-0.2, 0) is 14.3 Å². The van der Waals surface area contributed by atoms with Crippen LogP contribution in [0.1, 0.15) is 60.1 Å². The first-order valence-electron chi connectivity index (χ1n) is 14.7. The summed E-state index contributed by atoms with van der Waals surface area (Å²) in [5, 5.41) is 0. The number of carbonyl (C=O) groups excluding carboxylic acids is 2. The molecule has 2 aliphatic carbocycles. The Morgan fingerprint density at radius 3 is 1.34 bits per heavy atom. The van der Waals surface area contributed by atoms with E-state index in [1.807, 2.05) is 60.7 Å².